The molecule has 0 N–H and O–H groups in total. The van der Waals surface area contributed by atoms with Crippen LogP contribution in [0.5, 0.6) is 0 Å². The van der Waals surface area contributed by atoms with Gasteiger partial charge in [0.2, 0.25) is 5.91 Å². The van der Waals surface area contributed by atoms with Gasteiger partial charge in [0.1, 0.15) is 0 Å². The number of likely N-dealkylation sites (tertiary alicyclic amines) is 1. The summed E-state index contributed by atoms with van der Waals surface area (Å²) >= 11 is 6.11. The summed E-state index contributed by atoms with van der Waals surface area (Å²) < 4.78 is 5.28. The van der Waals surface area contributed by atoms with E-state index in [0.29, 0.717) is 62.3 Å². The molecule has 0 bridgehead atoms. The van der Waals surface area contributed by atoms with Gasteiger partial charge < -0.3 is 14.5 Å². The fraction of sp³-hybridized carbons (Fsp3) is 0.556. The maximum absolute atomic E-state index is 12.5. The molecule has 0 aromatic heterocycles. The Morgan fingerprint density at radius 2 is 1.71 bits per heavy atom. The molecule has 2 amide bonds. The maximum Gasteiger partial charge on any atom is 0.255 e. The van der Waals surface area contributed by atoms with E-state index in [1.807, 2.05) is 21.9 Å². The van der Waals surface area contributed by atoms with Crippen LogP contribution < -0.4 is 0 Å². The second-order valence-corrected chi connectivity index (χ2v) is 6.82. The van der Waals surface area contributed by atoms with Gasteiger partial charge in [-0.3, -0.25) is 9.59 Å². The molecule has 2 fully saturated rings. The van der Waals surface area contributed by atoms with Crippen molar-refractivity contribution in [2.45, 2.75) is 19.3 Å². The van der Waals surface area contributed by atoms with E-state index in [4.69, 9.17) is 16.3 Å². The van der Waals surface area contributed by atoms with Crippen LogP contribution in [0.25, 0.3) is 0 Å². The second kappa shape index (κ2) is 7.99. The molecule has 2 heterocycles. The molecule has 24 heavy (non-hydrogen) atoms. The van der Waals surface area contributed by atoms with Gasteiger partial charge in [-0.15, -0.1) is 0 Å². The van der Waals surface area contributed by atoms with E-state index < -0.39 is 0 Å². The van der Waals surface area contributed by atoms with Crippen molar-refractivity contribution < 1.29 is 14.3 Å². The number of hydrogen-bond acceptors (Lipinski definition) is 3. The molecular formula is C18H23ClN2O3. The predicted molar refractivity (Wildman–Crippen MR) is 92.1 cm³/mol. The summed E-state index contributed by atoms with van der Waals surface area (Å²) in [6, 6.07) is 7.15. The minimum absolute atomic E-state index is 0.0152. The molecule has 0 saturated carbocycles. The third-order valence-electron chi connectivity index (χ3n) is 4.83. The Bertz CT molecular complexity index is 594. The summed E-state index contributed by atoms with van der Waals surface area (Å²) in [5.41, 5.74) is 0.557. The van der Waals surface area contributed by atoms with E-state index in [-0.39, 0.29) is 11.8 Å². The van der Waals surface area contributed by atoms with Gasteiger partial charge in [0.15, 0.2) is 0 Å². The van der Waals surface area contributed by atoms with Crippen molar-refractivity contribution in [3.8, 4) is 0 Å². The Hall–Kier alpha value is -1.59. The zero-order chi connectivity index (χ0) is 16.9. The molecule has 2 aliphatic heterocycles. The number of halogens is 1. The number of carbonyl (C=O) groups excluding carboxylic acids is 2. The van der Waals surface area contributed by atoms with Crippen molar-refractivity contribution in [1.29, 1.82) is 0 Å². The number of nitrogens with zero attached hydrogens (tertiary/aromatic N) is 2. The van der Waals surface area contributed by atoms with E-state index in [2.05, 4.69) is 0 Å². The number of ether oxygens (including phenoxy) is 1. The van der Waals surface area contributed by atoms with Crippen molar-refractivity contribution in [2.75, 3.05) is 39.4 Å². The lowest BCUT2D eigenvalue weighted by Gasteiger charge is -2.34. The molecule has 0 atom stereocenters. The van der Waals surface area contributed by atoms with Gasteiger partial charge in [-0.25, -0.2) is 0 Å². The topological polar surface area (TPSA) is 49.9 Å². The first-order valence-electron chi connectivity index (χ1n) is 8.54. The first-order chi connectivity index (χ1) is 11.6. The average molecular weight is 351 g/mol. The zero-order valence-electron chi connectivity index (χ0n) is 13.7. The molecule has 0 radical (unpaired) electrons. The molecule has 3 rings (SSSR count). The third kappa shape index (κ3) is 4.08. The van der Waals surface area contributed by atoms with Gasteiger partial charge in [-0.2, -0.15) is 0 Å². The maximum atomic E-state index is 12.5. The minimum atomic E-state index is -0.0152. The molecule has 1 aromatic carbocycles. The summed E-state index contributed by atoms with van der Waals surface area (Å²) in [7, 11) is 0. The fourth-order valence-corrected chi connectivity index (χ4v) is 3.55. The van der Waals surface area contributed by atoms with E-state index in [1.165, 1.54) is 0 Å². The van der Waals surface area contributed by atoms with Crippen LogP contribution in [0.2, 0.25) is 5.02 Å². The largest absolute Gasteiger partial charge is 0.378 e. The number of amides is 2. The standard InChI is InChI=1S/C18H23ClN2O3/c19-16-4-2-1-3-15(16)18(23)21-7-5-14(6-8-21)13-17(22)20-9-11-24-12-10-20/h1-4,14H,5-13H2. The van der Waals surface area contributed by atoms with Crippen LogP contribution in [0, 0.1) is 5.92 Å². The lowest BCUT2D eigenvalue weighted by Crippen LogP contribution is -2.43. The highest BCUT2D eigenvalue weighted by molar-refractivity contribution is 6.33. The summed E-state index contributed by atoms with van der Waals surface area (Å²) in [4.78, 5) is 28.6. The lowest BCUT2D eigenvalue weighted by atomic mass is 9.92. The average Bonchev–Trinajstić information content (AvgIpc) is 2.63. The van der Waals surface area contributed by atoms with Gasteiger partial charge >= 0.3 is 0 Å². The van der Waals surface area contributed by atoms with Gasteiger partial charge in [-0.1, -0.05) is 23.7 Å². The SMILES string of the molecule is O=C(CC1CCN(C(=O)c2ccccc2Cl)CC1)N1CCOCC1. The van der Waals surface area contributed by atoms with Crippen LogP contribution in [0.3, 0.4) is 0 Å². The molecule has 2 aliphatic rings. The normalized spacial score (nSPS) is 19.4. The van der Waals surface area contributed by atoms with E-state index in [9.17, 15) is 9.59 Å². The van der Waals surface area contributed by atoms with Crippen molar-refractivity contribution in [2.24, 2.45) is 5.92 Å². The Morgan fingerprint density at radius 1 is 1.04 bits per heavy atom. The number of morpholine rings is 1. The number of benzene rings is 1. The number of piperidine rings is 1. The summed E-state index contributed by atoms with van der Waals surface area (Å²) in [6.07, 6.45) is 2.31. The number of carbonyl (C=O) groups is 2. The summed E-state index contributed by atoms with van der Waals surface area (Å²) in [5.74, 6) is 0.559. The summed E-state index contributed by atoms with van der Waals surface area (Å²) in [5, 5.41) is 0.493. The van der Waals surface area contributed by atoms with Crippen LogP contribution in [0.1, 0.15) is 29.6 Å². The molecule has 130 valence electrons. The number of rotatable bonds is 3. The zero-order valence-corrected chi connectivity index (χ0v) is 14.5. The second-order valence-electron chi connectivity index (χ2n) is 6.41. The van der Waals surface area contributed by atoms with E-state index >= 15 is 0 Å². The van der Waals surface area contributed by atoms with Crippen LogP contribution in [-0.4, -0.2) is 61.0 Å². The molecule has 0 unspecified atom stereocenters. The van der Waals surface area contributed by atoms with Crippen molar-refractivity contribution >= 4 is 23.4 Å². The van der Waals surface area contributed by atoms with Crippen LogP contribution >= 0.6 is 11.6 Å². The van der Waals surface area contributed by atoms with E-state index in [1.54, 1.807) is 12.1 Å². The minimum Gasteiger partial charge on any atom is -0.378 e. The van der Waals surface area contributed by atoms with Gasteiger partial charge in [0.05, 0.1) is 23.8 Å². The van der Waals surface area contributed by atoms with Crippen LogP contribution in [0.4, 0.5) is 0 Å². The Kier molecular flexibility index (Phi) is 5.74. The van der Waals surface area contributed by atoms with Crippen molar-refractivity contribution in [1.82, 2.24) is 9.80 Å². The quantitative estimate of drug-likeness (QED) is 0.841. The highest BCUT2D eigenvalue weighted by atomic mass is 35.5. The molecular weight excluding hydrogens is 328 g/mol. The van der Waals surface area contributed by atoms with Crippen LogP contribution in [0.15, 0.2) is 24.3 Å². The first-order valence-corrected chi connectivity index (χ1v) is 8.92. The monoisotopic (exact) mass is 350 g/mol. The molecule has 0 spiro atoms. The highest BCUT2D eigenvalue weighted by Gasteiger charge is 2.27. The Balaban J connectivity index is 1.49. The smallest absolute Gasteiger partial charge is 0.255 e. The third-order valence-corrected chi connectivity index (χ3v) is 5.16. The summed E-state index contributed by atoms with van der Waals surface area (Å²) in [6.45, 7) is 4.04. The predicted octanol–water partition coefficient (Wildman–Crippen LogP) is 2.44. The highest BCUT2D eigenvalue weighted by Crippen LogP contribution is 2.24. The van der Waals surface area contributed by atoms with Crippen molar-refractivity contribution in [3.05, 3.63) is 34.9 Å². The number of hydrogen-bond donors (Lipinski definition) is 0. The molecule has 0 aliphatic carbocycles. The van der Waals surface area contributed by atoms with Gasteiger partial charge in [0.25, 0.3) is 5.91 Å². The van der Waals surface area contributed by atoms with E-state index in [0.717, 1.165) is 12.8 Å². The molecule has 6 heteroatoms. The van der Waals surface area contributed by atoms with Crippen LogP contribution in [-0.2, 0) is 9.53 Å². The van der Waals surface area contributed by atoms with Gasteiger partial charge in [0, 0.05) is 32.6 Å². The molecule has 1 aromatic rings. The van der Waals surface area contributed by atoms with Crippen molar-refractivity contribution in [3.63, 3.8) is 0 Å². The first kappa shape index (κ1) is 17.2. The molecule has 5 nitrogen and oxygen atoms in total. The van der Waals surface area contributed by atoms with Gasteiger partial charge in [-0.05, 0) is 30.9 Å². The Labute approximate surface area is 147 Å². The lowest BCUT2D eigenvalue weighted by molar-refractivity contribution is -0.136. The molecule has 2 saturated heterocycles. The Morgan fingerprint density at radius 3 is 2.38 bits per heavy atom. The fourth-order valence-electron chi connectivity index (χ4n) is 3.33.